The number of nitrogens with zero attached hydrogens (tertiary/aromatic N) is 11. The predicted molar refractivity (Wildman–Crippen MR) is 463 cm³/mol. The van der Waals surface area contributed by atoms with Gasteiger partial charge in [0.1, 0.15) is 84.4 Å². The first kappa shape index (κ1) is 99.8. The number of piperazine rings is 1. The lowest BCUT2D eigenvalue weighted by Crippen LogP contribution is -2.63. The highest BCUT2D eigenvalue weighted by Gasteiger charge is 2.46. The molecule has 3 aliphatic rings. The highest BCUT2D eigenvalue weighted by Crippen LogP contribution is 2.45. The minimum Gasteiger partial charge on any atom is -0.489 e. The molecular weight excluding hydrogens is 1580 g/mol. The number of aliphatic hydroxyl groups excluding tert-OH is 1. The quantitative estimate of drug-likeness (QED) is 0.0571. The van der Waals surface area contributed by atoms with Crippen molar-refractivity contribution in [1.82, 2.24) is 75.8 Å². The zero-order chi connectivity index (χ0) is 90.8. The number of hydrogen-bond donors (Lipinski definition) is 7. The number of aromatic nitrogens is 2. The predicted octanol–water partition coefficient (Wildman–Crippen LogP) is 5.95. The number of benzene rings is 2. The van der Waals surface area contributed by atoms with Gasteiger partial charge in [-0.25, -0.2) is 9.37 Å². The maximum absolute atomic E-state index is 15.9. The van der Waals surface area contributed by atoms with Crippen LogP contribution in [0.2, 0.25) is 5.02 Å². The highest BCUT2D eigenvalue weighted by atomic mass is 35.5. The summed E-state index contributed by atoms with van der Waals surface area (Å²) in [6.07, 6.45) is 3.21. The molecule has 6 rings (SSSR count). The lowest BCUT2D eigenvalue weighted by Gasteiger charge is -2.41. The lowest BCUT2D eigenvalue weighted by molar-refractivity contribution is -0.157. The van der Waals surface area contributed by atoms with Crippen LogP contribution in [0, 0.1) is 47.2 Å². The summed E-state index contributed by atoms with van der Waals surface area (Å²) >= 11 is 7.10. The third kappa shape index (κ3) is 25.3. The molecule has 121 heavy (non-hydrogen) atoms. The molecular formula is C87H133ClFN17O15. The fraction of sp³-hybridized carbons (Fsp3) is 0.644. The molecule has 0 aliphatic carbocycles. The number of rotatable bonds is 22. The van der Waals surface area contributed by atoms with Crippen molar-refractivity contribution in [2.75, 3.05) is 112 Å². The maximum atomic E-state index is 15.9. The number of ether oxygens (including phenoxy) is 1. The summed E-state index contributed by atoms with van der Waals surface area (Å²) in [6, 6.07) is -7.08. The Kier molecular flexibility index (Phi) is 36.8. The number of nitrogens with one attached hydrogen (secondary N) is 6. The van der Waals surface area contributed by atoms with Gasteiger partial charge in [0.15, 0.2) is 0 Å². The molecule has 3 aliphatic heterocycles. The number of aliphatic hydroxyl groups is 1. The summed E-state index contributed by atoms with van der Waals surface area (Å²) in [5, 5.41) is 30.6. The topological polar surface area (TPSA) is 378 Å². The largest absolute Gasteiger partial charge is 0.489 e. The van der Waals surface area contributed by atoms with Crippen LogP contribution in [0.3, 0.4) is 0 Å². The van der Waals surface area contributed by atoms with Crippen molar-refractivity contribution in [1.29, 1.82) is 0 Å². The molecule has 2 aromatic carbocycles. The van der Waals surface area contributed by atoms with Crippen LogP contribution in [0.25, 0.3) is 28.1 Å². The van der Waals surface area contributed by atoms with Crippen LogP contribution in [0.4, 0.5) is 16.2 Å². The number of carbonyl (C=O) groups excluding carboxylic acids is 13. The van der Waals surface area contributed by atoms with Gasteiger partial charge < -0.3 is 85.8 Å². The van der Waals surface area contributed by atoms with Gasteiger partial charge >= 0.3 is 0 Å². The molecule has 1 aromatic heterocycles. The molecule has 3 aromatic rings. The van der Waals surface area contributed by atoms with Gasteiger partial charge in [0, 0.05) is 112 Å². The van der Waals surface area contributed by atoms with Crippen molar-refractivity contribution in [3.8, 4) is 16.9 Å². The number of halogens is 2. The van der Waals surface area contributed by atoms with Gasteiger partial charge in [0.05, 0.1) is 28.8 Å². The molecule has 670 valence electrons. The van der Waals surface area contributed by atoms with Crippen LogP contribution in [0.15, 0.2) is 43.0 Å². The third-order valence-corrected chi connectivity index (χ3v) is 23.1. The summed E-state index contributed by atoms with van der Waals surface area (Å²) < 4.78 is 21.9. The number of likely N-dealkylation sites (N-methyl/N-ethyl adjacent to an activating group) is 7. The minimum absolute atomic E-state index is 0.00432. The summed E-state index contributed by atoms with van der Waals surface area (Å²) in [6.45, 7) is 32.1. The molecule has 2 saturated heterocycles. The van der Waals surface area contributed by atoms with Crippen LogP contribution in [0.5, 0.6) is 5.75 Å². The summed E-state index contributed by atoms with van der Waals surface area (Å²) in [5.74, 6) is -11.5. The van der Waals surface area contributed by atoms with Crippen LogP contribution in [-0.2, 0) is 62.3 Å². The molecule has 7 N–H and O–H groups in total. The normalized spacial score (nSPS) is 23.6. The van der Waals surface area contributed by atoms with Gasteiger partial charge in [-0.15, -0.1) is 0 Å². The van der Waals surface area contributed by atoms with Gasteiger partial charge in [-0.3, -0.25) is 62.3 Å². The molecule has 13 amide bonds. The van der Waals surface area contributed by atoms with E-state index in [4.69, 9.17) is 26.3 Å². The fourth-order valence-electron chi connectivity index (χ4n) is 15.6. The second kappa shape index (κ2) is 44.7. The summed E-state index contributed by atoms with van der Waals surface area (Å²) in [7, 11) is 9.67. The molecule has 4 heterocycles. The van der Waals surface area contributed by atoms with Gasteiger partial charge in [-0.05, 0) is 124 Å². The van der Waals surface area contributed by atoms with Gasteiger partial charge in [-0.2, -0.15) is 4.98 Å². The van der Waals surface area contributed by atoms with Crippen molar-refractivity contribution in [2.24, 2.45) is 41.4 Å². The first-order valence-corrected chi connectivity index (χ1v) is 42.6. The minimum atomic E-state index is -1.82. The molecule has 2 fully saturated rings. The van der Waals surface area contributed by atoms with Gasteiger partial charge in [-0.1, -0.05) is 127 Å². The van der Waals surface area contributed by atoms with Crippen molar-refractivity contribution >= 4 is 117 Å². The maximum Gasteiger partial charge on any atom is 0.246 e. The Labute approximate surface area is 717 Å². The van der Waals surface area contributed by atoms with Gasteiger partial charge in [0.25, 0.3) is 0 Å². The fourth-order valence-corrected chi connectivity index (χ4v) is 15.9. The van der Waals surface area contributed by atoms with E-state index in [0.29, 0.717) is 54.0 Å². The van der Waals surface area contributed by atoms with Crippen LogP contribution < -0.4 is 41.5 Å². The molecule has 0 bridgehead atoms. The standard InChI is InChI=1S/C87H133ClFN17O15/c1-25-60-82(116)98(18)46-68(109)99(19)61(41-47(3)4)79(113)95-71(51(11)12)85(119)100(20)62(42-48(5)6)78(112)92-54(16)77(111)93-55(17)81(115)101(21)63(43-49(7)8)83(117)102(22)64(44-50(9)10)84(118)103(23)73(52(13)14)86(120)104(24)74(80(114)94-60)75(110)53(15)32-34-90-66(107)33-35-91-87-96-72-56-29-28-40-121-65-31-27-30-59(89)70(65)69(56)58(88)45-57(72)76(97-87)106-38-36-105(37-39-106)67(108)26-2/h26-31,45,47-55,60-64,71,73-75,110H,2,25,32-44,46H2,1,3-24H3,(H,90,107)(H,92,112)(H,93,111)(H,94,114)(H,95,113)(H,91,96,97)/b29-28+/t53-,54+,55-,60+,61+,62+,63+,64+,71+,73+,74+,75-/m1/s1. The summed E-state index contributed by atoms with van der Waals surface area (Å²) in [4.78, 5) is 212. The molecule has 34 heteroatoms. The van der Waals surface area contributed by atoms with Crippen molar-refractivity contribution < 1.29 is 76.6 Å². The number of fused-ring (bicyclic) bond motifs is 5. The van der Waals surface area contributed by atoms with E-state index >= 15 is 23.6 Å². The number of amides is 13. The Morgan fingerprint density at radius 2 is 1.16 bits per heavy atom. The zero-order valence-corrected chi connectivity index (χ0v) is 75.8. The van der Waals surface area contributed by atoms with E-state index in [1.54, 1.807) is 76.8 Å². The molecule has 0 radical (unpaired) electrons. The Morgan fingerprint density at radius 1 is 0.620 bits per heavy atom. The van der Waals surface area contributed by atoms with E-state index in [-0.39, 0.29) is 117 Å². The second-order valence-corrected chi connectivity index (χ2v) is 35.3. The first-order valence-electron chi connectivity index (χ1n) is 42.2. The zero-order valence-electron chi connectivity index (χ0n) is 75.1. The van der Waals surface area contributed by atoms with Crippen LogP contribution in [0.1, 0.15) is 161 Å². The average molecular weight is 1710 g/mol. The smallest absolute Gasteiger partial charge is 0.246 e. The first-order chi connectivity index (χ1) is 56.7. The van der Waals surface area contributed by atoms with Gasteiger partial charge in [0.2, 0.25) is 82.7 Å². The van der Waals surface area contributed by atoms with Crippen molar-refractivity contribution in [3.05, 3.63) is 59.4 Å². The van der Waals surface area contributed by atoms with Crippen LogP contribution in [-0.4, -0.2) is 299 Å². The Balaban J connectivity index is 1.36. The SMILES string of the molecule is C=CC(=O)N1CCN(c2nc(NCCC(=O)NCC[C@@H](C)[C@@H](O)[C@H]3C(=O)N[C@@H](CC)C(=O)N(C)CC(=O)N(C)[C@@H](CC(C)C)C(=O)N[C@@H](C(C)C)C(=O)N(C)[C@@H](CC(C)C)C(=O)N[C@@H](C)C(=O)N[C@H](C)C(=O)N(C)[C@@H](CC(C)C)C(=O)N(C)[C@@H](CC(C)C)C(=O)N(C)[C@@H](C(C)C)C(=O)N3C)nc3c4c(c(Cl)cc23)-c2c(F)cccc2OC/C=C/4)CC1. The number of hydrogen-bond acceptors (Lipinski definition) is 19. The summed E-state index contributed by atoms with van der Waals surface area (Å²) in [5.41, 5.74) is 1.41. The molecule has 32 nitrogen and oxygen atoms in total. The monoisotopic (exact) mass is 1710 g/mol. The van der Waals surface area contributed by atoms with E-state index in [1.807, 2.05) is 60.3 Å². The van der Waals surface area contributed by atoms with E-state index in [1.165, 1.54) is 99.8 Å². The van der Waals surface area contributed by atoms with Crippen LogP contribution >= 0.6 is 11.6 Å². The highest BCUT2D eigenvalue weighted by molar-refractivity contribution is 6.35. The molecule has 12 atom stereocenters. The number of anilines is 2. The second-order valence-electron chi connectivity index (χ2n) is 34.9. The van der Waals surface area contributed by atoms with E-state index < -0.39 is 168 Å². The lowest BCUT2D eigenvalue weighted by atomic mass is 9.91. The average Bonchev–Trinajstić information content (AvgIpc) is 0.756. The van der Waals surface area contributed by atoms with Crippen molar-refractivity contribution in [2.45, 2.75) is 222 Å². The van der Waals surface area contributed by atoms with E-state index in [9.17, 15) is 48.3 Å². The van der Waals surface area contributed by atoms with E-state index in [0.717, 1.165) is 9.80 Å². The third-order valence-electron chi connectivity index (χ3n) is 22.8. The van der Waals surface area contributed by atoms with Crippen molar-refractivity contribution in [3.63, 3.8) is 0 Å². The molecule has 0 saturated carbocycles. The Bertz CT molecular complexity index is 4270. The Hall–Kier alpha value is -10.1. The Morgan fingerprint density at radius 3 is 1.72 bits per heavy atom. The van der Waals surface area contributed by atoms with E-state index in [2.05, 4.69) is 38.5 Å². The number of carbonyl (C=O) groups is 13. The molecule has 0 spiro atoms. The molecule has 0 unspecified atom stereocenters.